The lowest BCUT2D eigenvalue weighted by atomic mass is 9.76. The van der Waals surface area contributed by atoms with Crippen molar-refractivity contribution in [3.8, 4) is 11.5 Å². The van der Waals surface area contributed by atoms with Crippen LogP contribution in [-0.4, -0.2) is 55.7 Å². The zero-order valence-corrected chi connectivity index (χ0v) is 17.7. The van der Waals surface area contributed by atoms with Gasteiger partial charge >= 0.3 is 6.03 Å². The number of hydrogen-bond donors (Lipinski definition) is 1. The third-order valence-electron chi connectivity index (χ3n) is 5.90. The second-order valence-electron chi connectivity index (χ2n) is 7.95. The predicted octanol–water partition coefficient (Wildman–Crippen LogP) is 2.89. The van der Waals surface area contributed by atoms with Crippen LogP contribution in [0.25, 0.3) is 0 Å². The van der Waals surface area contributed by atoms with Crippen molar-refractivity contribution < 1.29 is 23.5 Å². The molecule has 1 heterocycles. The maximum Gasteiger partial charge on any atom is 0.326 e. The normalized spacial score (nSPS) is 20.2. The highest BCUT2D eigenvalue weighted by Gasteiger charge is 2.54. The predicted molar refractivity (Wildman–Crippen MR) is 112 cm³/mol. The minimum Gasteiger partial charge on any atom is -0.497 e. The van der Waals surface area contributed by atoms with Crippen LogP contribution in [0.3, 0.4) is 0 Å². The number of imide groups is 1. The first-order valence-electron chi connectivity index (χ1n) is 10.3. The van der Waals surface area contributed by atoms with Crippen LogP contribution in [0.15, 0.2) is 42.5 Å². The Morgan fingerprint density at radius 3 is 2.81 bits per heavy atom. The summed E-state index contributed by atoms with van der Waals surface area (Å²) in [5.74, 6) is 0.248. The van der Waals surface area contributed by atoms with Crippen molar-refractivity contribution in [2.45, 2.75) is 24.8 Å². The Bertz CT molecular complexity index is 999. The van der Waals surface area contributed by atoms with E-state index in [2.05, 4.69) is 5.32 Å². The summed E-state index contributed by atoms with van der Waals surface area (Å²) in [7, 11) is 3.40. The number of halogens is 1. The van der Waals surface area contributed by atoms with Gasteiger partial charge in [0, 0.05) is 6.54 Å². The van der Waals surface area contributed by atoms with Crippen molar-refractivity contribution in [1.29, 1.82) is 0 Å². The van der Waals surface area contributed by atoms with Crippen molar-refractivity contribution in [2.75, 3.05) is 34.0 Å². The number of benzene rings is 2. The molecule has 1 atom stereocenters. The molecule has 1 fully saturated rings. The molecule has 0 bridgehead atoms. The minimum absolute atomic E-state index is 0.124. The van der Waals surface area contributed by atoms with Crippen LogP contribution < -0.4 is 14.8 Å². The van der Waals surface area contributed by atoms with E-state index >= 15 is 0 Å². The van der Waals surface area contributed by atoms with Crippen molar-refractivity contribution >= 4 is 11.9 Å². The van der Waals surface area contributed by atoms with Crippen LogP contribution in [0.4, 0.5) is 9.18 Å². The molecule has 1 aliphatic heterocycles. The number of nitrogens with zero attached hydrogens (tertiary/aromatic N) is 2. The van der Waals surface area contributed by atoms with Crippen LogP contribution in [0.2, 0.25) is 0 Å². The van der Waals surface area contributed by atoms with E-state index in [9.17, 15) is 14.0 Å². The number of amides is 3. The lowest BCUT2D eigenvalue weighted by Crippen LogP contribution is -2.47. The van der Waals surface area contributed by atoms with Crippen LogP contribution in [-0.2, 0) is 16.8 Å². The number of likely N-dealkylation sites (N-methyl/N-ethyl adjacent to an activating group) is 1. The van der Waals surface area contributed by atoms with E-state index in [1.165, 1.54) is 11.0 Å². The Balaban J connectivity index is 1.43. The molecule has 2 aliphatic rings. The summed E-state index contributed by atoms with van der Waals surface area (Å²) in [6.45, 7) is 0.777. The average Bonchev–Trinajstić information content (AvgIpc) is 2.99. The number of carbonyl (C=O) groups excluding carboxylic acids is 2. The molecular weight excluding hydrogens is 401 g/mol. The molecule has 1 saturated heterocycles. The van der Waals surface area contributed by atoms with Gasteiger partial charge in [0.1, 0.15) is 17.9 Å². The molecule has 1 aliphatic carbocycles. The van der Waals surface area contributed by atoms with E-state index in [-0.39, 0.29) is 24.9 Å². The molecule has 0 unspecified atom stereocenters. The smallest absolute Gasteiger partial charge is 0.326 e. The monoisotopic (exact) mass is 427 g/mol. The number of nitrogens with one attached hydrogen (secondary N) is 1. The quantitative estimate of drug-likeness (QED) is 0.688. The summed E-state index contributed by atoms with van der Waals surface area (Å²) in [5.41, 5.74) is 0.834. The number of urea groups is 1. The maximum absolute atomic E-state index is 13.7. The van der Waals surface area contributed by atoms with Gasteiger partial charge in [-0.05, 0) is 61.7 Å². The maximum atomic E-state index is 13.7. The van der Waals surface area contributed by atoms with Crippen molar-refractivity contribution in [3.63, 3.8) is 0 Å². The molecule has 2 aromatic rings. The van der Waals surface area contributed by atoms with Crippen molar-refractivity contribution in [2.24, 2.45) is 0 Å². The molecule has 0 radical (unpaired) electrons. The highest BCUT2D eigenvalue weighted by molar-refractivity contribution is 6.07. The Kier molecular flexibility index (Phi) is 5.82. The molecule has 0 saturated carbocycles. The van der Waals surface area contributed by atoms with Crippen LogP contribution in [0, 0.1) is 5.82 Å². The van der Waals surface area contributed by atoms with E-state index in [4.69, 9.17) is 9.47 Å². The van der Waals surface area contributed by atoms with Crippen LogP contribution in [0.1, 0.15) is 24.0 Å². The van der Waals surface area contributed by atoms with Gasteiger partial charge in [-0.1, -0.05) is 18.2 Å². The number of para-hydroxylation sites is 1. The molecule has 164 valence electrons. The summed E-state index contributed by atoms with van der Waals surface area (Å²) < 4.78 is 24.4. The fourth-order valence-electron chi connectivity index (χ4n) is 4.29. The van der Waals surface area contributed by atoms with Gasteiger partial charge < -0.3 is 14.8 Å². The highest BCUT2D eigenvalue weighted by Crippen LogP contribution is 2.41. The lowest BCUT2D eigenvalue weighted by molar-refractivity contribution is -0.133. The van der Waals surface area contributed by atoms with Gasteiger partial charge in [0.05, 0.1) is 13.8 Å². The largest absolute Gasteiger partial charge is 0.497 e. The molecular formula is C23H26FN3O4. The van der Waals surface area contributed by atoms with Crippen molar-refractivity contribution in [3.05, 3.63) is 59.4 Å². The first-order valence-corrected chi connectivity index (χ1v) is 10.3. The molecule has 0 aromatic heterocycles. The highest BCUT2D eigenvalue weighted by atomic mass is 19.1. The SMILES string of the molecule is COc1ccc2c(c1)CCC[C@@]21NC(=O)N(CN(C)CCOc2ccccc2F)C1=O. The standard InChI is InChI=1S/C23H26FN3O4/c1-26(12-13-31-20-8-4-3-7-19(20)24)15-27-21(28)23(25-22(27)29)11-5-6-16-14-17(30-2)9-10-18(16)23/h3-4,7-10,14H,5-6,11-13,15H2,1-2H3,(H,25,29)/t23-/m1/s1. The van der Waals surface area contributed by atoms with E-state index in [0.29, 0.717) is 13.0 Å². The zero-order chi connectivity index (χ0) is 22.0. The third-order valence-corrected chi connectivity index (χ3v) is 5.90. The topological polar surface area (TPSA) is 71.1 Å². The number of aryl methyl sites for hydroxylation is 1. The summed E-state index contributed by atoms with van der Waals surface area (Å²) in [6.07, 6.45) is 2.20. The Labute approximate surface area is 180 Å². The Morgan fingerprint density at radius 2 is 2.03 bits per heavy atom. The third kappa shape index (κ3) is 3.95. The number of hydrogen-bond acceptors (Lipinski definition) is 5. The molecule has 31 heavy (non-hydrogen) atoms. The molecule has 8 heteroatoms. The second kappa shape index (κ2) is 8.55. The summed E-state index contributed by atoms with van der Waals surface area (Å²) in [4.78, 5) is 29.2. The van der Waals surface area contributed by atoms with Gasteiger partial charge in [-0.15, -0.1) is 0 Å². The molecule has 2 aromatic carbocycles. The van der Waals surface area contributed by atoms with Gasteiger partial charge in [0.2, 0.25) is 0 Å². The minimum atomic E-state index is -1.03. The number of methoxy groups -OCH3 is 1. The van der Waals surface area contributed by atoms with Crippen LogP contribution >= 0.6 is 0 Å². The Hall–Kier alpha value is -3.13. The number of fused-ring (bicyclic) bond motifs is 2. The van der Waals surface area contributed by atoms with Gasteiger partial charge in [0.15, 0.2) is 11.6 Å². The number of ether oxygens (including phenoxy) is 2. The van der Waals surface area contributed by atoms with Crippen LogP contribution in [0.5, 0.6) is 11.5 Å². The number of rotatable bonds is 7. The first-order chi connectivity index (χ1) is 14.9. The van der Waals surface area contributed by atoms with E-state index in [1.807, 2.05) is 18.2 Å². The van der Waals surface area contributed by atoms with Gasteiger partial charge in [-0.2, -0.15) is 0 Å². The van der Waals surface area contributed by atoms with Gasteiger partial charge in [0.25, 0.3) is 5.91 Å². The average molecular weight is 427 g/mol. The van der Waals surface area contributed by atoms with Gasteiger partial charge in [-0.3, -0.25) is 9.69 Å². The van der Waals surface area contributed by atoms with E-state index in [0.717, 1.165) is 29.7 Å². The molecule has 1 N–H and O–H groups in total. The van der Waals surface area contributed by atoms with E-state index in [1.54, 1.807) is 37.3 Å². The van der Waals surface area contributed by atoms with Gasteiger partial charge in [-0.25, -0.2) is 14.1 Å². The summed E-state index contributed by atoms with van der Waals surface area (Å²) in [6, 6.07) is 11.4. The molecule has 1 spiro atoms. The molecule has 3 amide bonds. The molecule has 4 rings (SSSR count). The lowest BCUT2D eigenvalue weighted by Gasteiger charge is -2.33. The molecule has 7 nitrogen and oxygen atoms in total. The van der Waals surface area contributed by atoms with E-state index < -0.39 is 17.4 Å². The fraction of sp³-hybridized carbons (Fsp3) is 0.391. The Morgan fingerprint density at radius 1 is 1.23 bits per heavy atom. The number of carbonyl (C=O) groups is 2. The summed E-state index contributed by atoms with van der Waals surface area (Å²) in [5, 5.41) is 2.95. The second-order valence-corrected chi connectivity index (χ2v) is 7.95. The summed E-state index contributed by atoms with van der Waals surface area (Å²) >= 11 is 0. The zero-order valence-electron chi connectivity index (χ0n) is 17.7. The fourth-order valence-corrected chi connectivity index (χ4v) is 4.29. The van der Waals surface area contributed by atoms with Crippen molar-refractivity contribution in [1.82, 2.24) is 15.1 Å². The first kappa shape index (κ1) is 21.1.